The number of carbonyl (C=O) groups excluding carboxylic acids is 1. The van der Waals surface area contributed by atoms with E-state index in [2.05, 4.69) is 17.5 Å². The number of primary amides is 1. The van der Waals surface area contributed by atoms with Gasteiger partial charge in [-0.15, -0.1) is 12.4 Å². The standard InChI is InChI=1S/C12H22N2O.ClH/c1-12(2,11(13)15)9-14-8-10-6-4-3-5-7-10;/h3-4,10,14H,5-9H2,1-2H3,(H2,13,15);1H. The number of rotatable bonds is 5. The van der Waals surface area contributed by atoms with Crippen LogP contribution in [0.3, 0.4) is 0 Å². The van der Waals surface area contributed by atoms with Crippen molar-refractivity contribution in [3.05, 3.63) is 12.2 Å². The third-order valence-corrected chi connectivity index (χ3v) is 3.04. The zero-order valence-corrected chi connectivity index (χ0v) is 11.0. The monoisotopic (exact) mass is 246 g/mol. The van der Waals surface area contributed by atoms with E-state index in [4.69, 9.17) is 5.73 Å². The Morgan fingerprint density at radius 2 is 2.19 bits per heavy atom. The highest BCUT2D eigenvalue weighted by molar-refractivity contribution is 5.85. The fourth-order valence-electron chi connectivity index (χ4n) is 1.72. The van der Waals surface area contributed by atoms with Crippen LogP contribution in [0.2, 0.25) is 0 Å². The highest BCUT2D eigenvalue weighted by atomic mass is 35.5. The topological polar surface area (TPSA) is 55.1 Å². The van der Waals surface area contributed by atoms with Gasteiger partial charge in [0.2, 0.25) is 5.91 Å². The van der Waals surface area contributed by atoms with Crippen LogP contribution in [0.15, 0.2) is 12.2 Å². The van der Waals surface area contributed by atoms with Gasteiger partial charge in [0, 0.05) is 6.54 Å². The number of hydrogen-bond donors (Lipinski definition) is 2. The Morgan fingerprint density at radius 1 is 1.50 bits per heavy atom. The number of nitrogens with one attached hydrogen (secondary N) is 1. The van der Waals surface area contributed by atoms with Crippen LogP contribution in [0.25, 0.3) is 0 Å². The lowest BCUT2D eigenvalue weighted by Crippen LogP contribution is -2.41. The molecular weight excluding hydrogens is 224 g/mol. The first kappa shape index (κ1) is 15.5. The van der Waals surface area contributed by atoms with Gasteiger partial charge in [-0.25, -0.2) is 0 Å². The SMILES string of the molecule is CC(C)(CNCC1CC=CCC1)C(N)=O.Cl. The first-order valence-corrected chi connectivity index (χ1v) is 5.68. The third kappa shape index (κ3) is 4.99. The van der Waals surface area contributed by atoms with E-state index in [9.17, 15) is 4.79 Å². The Kier molecular flexibility index (Phi) is 6.68. The Hall–Kier alpha value is -0.540. The predicted octanol–water partition coefficient (Wildman–Crippen LogP) is 1.87. The molecule has 0 radical (unpaired) electrons. The number of amides is 1. The van der Waals surface area contributed by atoms with Gasteiger partial charge in [0.15, 0.2) is 0 Å². The molecule has 4 heteroatoms. The highest BCUT2D eigenvalue weighted by Gasteiger charge is 2.24. The number of hydrogen-bond acceptors (Lipinski definition) is 2. The normalized spacial score (nSPS) is 20.2. The van der Waals surface area contributed by atoms with Gasteiger partial charge in [-0.3, -0.25) is 4.79 Å². The van der Waals surface area contributed by atoms with E-state index in [1.807, 2.05) is 13.8 Å². The van der Waals surface area contributed by atoms with Gasteiger partial charge in [-0.05, 0) is 45.6 Å². The van der Waals surface area contributed by atoms with Crippen LogP contribution in [0.4, 0.5) is 0 Å². The lowest BCUT2D eigenvalue weighted by atomic mass is 9.91. The van der Waals surface area contributed by atoms with Crippen LogP contribution in [-0.4, -0.2) is 19.0 Å². The first-order chi connectivity index (χ1) is 7.02. The Morgan fingerprint density at radius 3 is 2.69 bits per heavy atom. The second-order valence-corrected chi connectivity index (χ2v) is 5.03. The molecule has 0 saturated carbocycles. The molecule has 0 fully saturated rings. The fourth-order valence-corrected chi connectivity index (χ4v) is 1.72. The maximum absolute atomic E-state index is 11.1. The van der Waals surface area contributed by atoms with Crippen molar-refractivity contribution in [1.82, 2.24) is 5.32 Å². The minimum absolute atomic E-state index is 0. The molecule has 1 atom stereocenters. The second kappa shape index (κ2) is 6.92. The lowest BCUT2D eigenvalue weighted by molar-refractivity contribution is -0.125. The van der Waals surface area contributed by atoms with Crippen molar-refractivity contribution in [2.75, 3.05) is 13.1 Å². The van der Waals surface area contributed by atoms with Crippen molar-refractivity contribution in [1.29, 1.82) is 0 Å². The summed E-state index contributed by atoms with van der Waals surface area (Å²) in [6.45, 7) is 5.41. The van der Waals surface area contributed by atoms with E-state index < -0.39 is 5.41 Å². The summed E-state index contributed by atoms with van der Waals surface area (Å²) >= 11 is 0. The second-order valence-electron chi connectivity index (χ2n) is 5.03. The smallest absolute Gasteiger partial charge is 0.224 e. The summed E-state index contributed by atoms with van der Waals surface area (Å²) in [7, 11) is 0. The summed E-state index contributed by atoms with van der Waals surface area (Å²) in [5.41, 5.74) is 4.86. The van der Waals surface area contributed by atoms with E-state index in [0.717, 1.165) is 18.9 Å². The quantitative estimate of drug-likeness (QED) is 0.728. The molecule has 3 N–H and O–H groups in total. The molecule has 0 aromatic carbocycles. The summed E-state index contributed by atoms with van der Waals surface area (Å²) in [4.78, 5) is 11.1. The van der Waals surface area contributed by atoms with Gasteiger partial charge >= 0.3 is 0 Å². The Labute approximate surface area is 104 Å². The highest BCUT2D eigenvalue weighted by Crippen LogP contribution is 2.18. The average molecular weight is 247 g/mol. The maximum atomic E-state index is 11.1. The molecular formula is C12H23ClN2O. The van der Waals surface area contributed by atoms with Crippen molar-refractivity contribution in [3.8, 4) is 0 Å². The minimum Gasteiger partial charge on any atom is -0.369 e. The minimum atomic E-state index is -0.440. The molecule has 0 saturated heterocycles. The Bertz CT molecular complexity index is 251. The van der Waals surface area contributed by atoms with Gasteiger partial charge < -0.3 is 11.1 Å². The molecule has 1 aliphatic carbocycles. The third-order valence-electron chi connectivity index (χ3n) is 3.04. The molecule has 0 spiro atoms. The molecule has 1 aliphatic rings. The molecule has 1 unspecified atom stereocenters. The number of halogens is 1. The molecule has 94 valence electrons. The first-order valence-electron chi connectivity index (χ1n) is 5.68. The van der Waals surface area contributed by atoms with Crippen LogP contribution >= 0.6 is 12.4 Å². The summed E-state index contributed by atoms with van der Waals surface area (Å²) < 4.78 is 0. The molecule has 0 aromatic heterocycles. The number of nitrogens with two attached hydrogens (primary N) is 1. The van der Waals surface area contributed by atoms with Crippen molar-refractivity contribution >= 4 is 18.3 Å². The van der Waals surface area contributed by atoms with Gasteiger partial charge in [-0.2, -0.15) is 0 Å². The van der Waals surface area contributed by atoms with E-state index in [1.54, 1.807) is 0 Å². The predicted molar refractivity (Wildman–Crippen MR) is 69.6 cm³/mol. The van der Waals surface area contributed by atoms with E-state index in [-0.39, 0.29) is 18.3 Å². The van der Waals surface area contributed by atoms with Crippen LogP contribution < -0.4 is 11.1 Å². The molecule has 1 rings (SSSR count). The molecule has 0 bridgehead atoms. The number of carbonyl (C=O) groups is 1. The molecule has 16 heavy (non-hydrogen) atoms. The van der Waals surface area contributed by atoms with Gasteiger partial charge in [0.25, 0.3) is 0 Å². The molecule has 1 amide bonds. The van der Waals surface area contributed by atoms with Gasteiger partial charge in [0.05, 0.1) is 5.41 Å². The van der Waals surface area contributed by atoms with Crippen LogP contribution in [0, 0.1) is 11.3 Å². The van der Waals surface area contributed by atoms with Crippen LogP contribution in [0.5, 0.6) is 0 Å². The fraction of sp³-hybridized carbons (Fsp3) is 0.750. The van der Waals surface area contributed by atoms with Crippen LogP contribution in [-0.2, 0) is 4.79 Å². The largest absolute Gasteiger partial charge is 0.369 e. The molecule has 0 aromatic rings. The Balaban J connectivity index is 0.00000225. The van der Waals surface area contributed by atoms with Crippen molar-refractivity contribution in [2.24, 2.45) is 17.1 Å². The van der Waals surface area contributed by atoms with Gasteiger partial charge in [0.1, 0.15) is 0 Å². The molecule has 0 aliphatic heterocycles. The van der Waals surface area contributed by atoms with E-state index >= 15 is 0 Å². The van der Waals surface area contributed by atoms with Crippen molar-refractivity contribution < 1.29 is 4.79 Å². The average Bonchev–Trinajstić information content (AvgIpc) is 2.19. The summed E-state index contributed by atoms with van der Waals surface area (Å²) in [6, 6.07) is 0. The van der Waals surface area contributed by atoms with E-state index in [1.165, 1.54) is 12.8 Å². The summed E-state index contributed by atoms with van der Waals surface area (Å²) in [5, 5.41) is 3.34. The zero-order chi connectivity index (χ0) is 11.3. The molecule has 0 heterocycles. The van der Waals surface area contributed by atoms with E-state index in [0.29, 0.717) is 6.54 Å². The van der Waals surface area contributed by atoms with Gasteiger partial charge in [-0.1, -0.05) is 12.2 Å². The van der Waals surface area contributed by atoms with Crippen molar-refractivity contribution in [3.63, 3.8) is 0 Å². The summed E-state index contributed by atoms with van der Waals surface area (Å²) in [6.07, 6.45) is 8.08. The molecule has 3 nitrogen and oxygen atoms in total. The summed E-state index contributed by atoms with van der Waals surface area (Å²) in [5.74, 6) is 0.484. The zero-order valence-electron chi connectivity index (χ0n) is 10.2. The van der Waals surface area contributed by atoms with Crippen LogP contribution in [0.1, 0.15) is 33.1 Å². The van der Waals surface area contributed by atoms with Crippen molar-refractivity contribution in [2.45, 2.75) is 33.1 Å². The lowest BCUT2D eigenvalue weighted by Gasteiger charge is -2.24. The number of allylic oxidation sites excluding steroid dienone is 2. The maximum Gasteiger partial charge on any atom is 0.224 e.